The molecule has 1 aliphatic rings. The molecule has 3 aromatic rings. The summed E-state index contributed by atoms with van der Waals surface area (Å²) < 4.78 is 2.74. The number of hydrogen-bond acceptors (Lipinski definition) is 5. The van der Waals surface area contributed by atoms with Crippen LogP contribution in [-0.4, -0.2) is 25.3 Å². The van der Waals surface area contributed by atoms with E-state index in [2.05, 4.69) is 22.4 Å². The lowest BCUT2D eigenvalue weighted by Gasteiger charge is -2.17. The van der Waals surface area contributed by atoms with Gasteiger partial charge in [-0.25, -0.2) is 9.66 Å². The van der Waals surface area contributed by atoms with E-state index in [0.29, 0.717) is 22.8 Å². The zero-order chi connectivity index (χ0) is 19.5. The fourth-order valence-corrected chi connectivity index (χ4v) is 5.17. The monoisotopic (exact) mass is 405 g/mol. The number of nitrogens with one attached hydrogen (secondary N) is 1. The molecule has 4 rings (SSSR count). The second-order valence-corrected chi connectivity index (χ2v) is 8.61. The Hall–Kier alpha value is -2.19. The topological polar surface area (TPSA) is 81.8 Å². The van der Waals surface area contributed by atoms with Crippen LogP contribution in [0, 0.1) is 19.8 Å². The highest BCUT2D eigenvalue weighted by Crippen LogP contribution is 2.35. The van der Waals surface area contributed by atoms with Crippen LogP contribution in [0.25, 0.3) is 10.2 Å². The summed E-state index contributed by atoms with van der Waals surface area (Å²) in [4.78, 5) is 32.3. The van der Waals surface area contributed by atoms with Crippen LogP contribution < -0.4 is 11.0 Å². The number of aromatic nitrogens is 4. The molecule has 1 atom stereocenters. The summed E-state index contributed by atoms with van der Waals surface area (Å²) in [6.45, 7) is 5.70. The lowest BCUT2D eigenvalue weighted by atomic mass is 9.89. The van der Waals surface area contributed by atoms with Crippen molar-refractivity contribution in [3.8, 4) is 0 Å². The number of nitrogens with zero attached hydrogens (tertiary/aromatic N) is 4. The molecule has 27 heavy (non-hydrogen) atoms. The van der Waals surface area contributed by atoms with Gasteiger partial charge in [-0.3, -0.25) is 19.7 Å². The third-order valence-electron chi connectivity index (χ3n) is 5.19. The summed E-state index contributed by atoms with van der Waals surface area (Å²) in [6, 6.07) is 0. The van der Waals surface area contributed by atoms with Crippen LogP contribution in [0.15, 0.2) is 4.79 Å². The highest BCUT2D eigenvalue weighted by Gasteiger charge is 2.25. The van der Waals surface area contributed by atoms with Gasteiger partial charge in [-0.2, -0.15) is 5.10 Å². The molecule has 1 unspecified atom stereocenters. The van der Waals surface area contributed by atoms with Crippen LogP contribution >= 0.6 is 22.9 Å². The first-order valence-corrected chi connectivity index (χ1v) is 10.0. The quantitative estimate of drug-likeness (QED) is 0.710. The zero-order valence-electron chi connectivity index (χ0n) is 15.6. The van der Waals surface area contributed by atoms with Gasteiger partial charge in [0, 0.05) is 11.9 Å². The van der Waals surface area contributed by atoms with Crippen molar-refractivity contribution < 1.29 is 4.79 Å². The van der Waals surface area contributed by atoms with Crippen LogP contribution in [0.5, 0.6) is 0 Å². The first-order valence-electron chi connectivity index (χ1n) is 8.82. The molecule has 0 aliphatic heterocycles. The Bertz CT molecular complexity index is 1140. The number of hydrogen-bond donors (Lipinski definition) is 1. The second-order valence-electron chi connectivity index (χ2n) is 7.14. The minimum atomic E-state index is -0.534. The maximum absolute atomic E-state index is 13.1. The first-order chi connectivity index (χ1) is 12.8. The first kappa shape index (κ1) is 18.2. The fraction of sp³-hybridized carbons (Fsp3) is 0.444. The van der Waals surface area contributed by atoms with E-state index in [-0.39, 0.29) is 16.3 Å². The summed E-state index contributed by atoms with van der Waals surface area (Å²) >= 11 is 7.78. The fourth-order valence-electron chi connectivity index (χ4n) is 3.50. The van der Waals surface area contributed by atoms with E-state index in [1.165, 1.54) is 14.2 Å². The Kier molecular flexibility index (Phi) is 4.35. The molecular formula is C18H20ClN5O2S. The largest absolute Gasteiger partial charge is 0.292 e. The number of amides is 1. The van der Waals surface area contributed by atoms with Gasteiger partial charge < -0.3 is 0 Å². The van der Waals surface area contributed by atoms with Crippen molar-refractivity contribution in [1.29, 1.82) is 0 Å². The Labute approximate surface area is 164 Å². The molecule has 7 nitrogen and oxygen atoms in total. The SMILES string of the molecule is Cc1c(Cl)c(C(=O)Nn2c(C)nc3sc4c(c3c2=O)CCC(C)C4)nn1C. The van der Waals surface area contributed by atoms with Crippen LogP contribution in [0.3, 0.4) is 0 Å². The smallest absolute Gasteiger partial charge is 0.271 e. The van der Waals surface area contributed by atoms with E-state index < -0.39 is 5.91 Å². The summed E-state index contributed by atoms with van der Waals surface area (Å²) in [7, 11) is 1.71. The normalized spacial score (nSPS) is 16.6. The average Bonchev–Trinajstić information content (AvgIpc) is 3.09. The number of fused-ring (bicyclic) bond motifs is 3. The molecule has 3 heterocycles. The number of carbonyl (C=O) groups excluding carboxylic acids is 1. The summed E-state index contributed by atoms with van der Waals surface area (Å²) in [5.41, 5.74) is 4.22. The number of carbonyl (C=O) groups is 1. The molecule has 0 fully saturated rings. The van der Waals surface area contributed by atoms with Crippen molar-refractivity contribution in [3.63, 3.8) is 0 Å². The van der Waals surface area contributed by atoms with Crippen LogP contribution in [0.1, 0.15) is 45.8 Å². The van der Waals surface area contributed by atoms with Gasteiger partial charge in [0.05, 0.1) is 16.1 Å². The lowest BCUT2D eigenvalue weighted by molar-refractivity contribution is 0.100. The van der Waals surface area contributed by atoms with Gasteiger partial charge in [-0.05, 0) is 44.6 Å². The Morgan fingerprint density at radius 2 is 2.11 bits per heavy atom. The van der Waals surface area contributed by atoms with E-state index >= 15 is 0 Å². The van der Waals surface area contributed by atoms with Gasteiger partial charge in [0.25, 0.3) is 11.5 Å². The molecule has 3 aromatic heterocycles. The summed E-state index contributed by atoms with van der Waals surface area (Å²) in [5.74, 6) is 0.507. The van der Waals surface area contributed by atoms with E-state index in [4.69, 9.17) is 11.6 Å². The third-order valence-corrected chi connectivity index (χ3v) is 6.79. The number of aryl methyl sites for hydroxylation is 3. The Balaban J connectivity index is 1.79. The third kappa shape index (κ3) is 2.87. The molecule has 0 spiro atoms. The molecule has 0 radical (unpaired) electrons. The predicted molar refractivity (Wildman–Crippen MR) is 106 cm³/mol. The molecule has 0 aromatic carbocycles. The molecule has 1 N–H and O–H groups in total. The molecule has 0 saturated heterocycles. The average molecular weight is 406 g/mol. The zero-order valence-corrected chi connectivity index (χ0v) is 17.2. The molecule has 1 aliphatic carbocycles. The lowest BCUT2D eigenvalue weighted by Crippen LogP contribution is -2.36. The molecule has 9 heteroatoms. The maximum Gasteiger partial charge on any atom is 0.292 e. The Morgan fingerprint density at radius 1 is 1.37 bits per heavy atom. The minimum absolute atomic E-state index is 0.0873. The van der Waals surface area contributed by atoms with Crippen LogP contribution in [-0.2, 0) is 19.9 Å². The second kappa shape index (κ2) is 6.45. The number of rotatable bonds is 2. The van der Waals surface area contributed by atoms with E-state index in [1.807, 2.05) is 0 Å². The molecule has 1 amide bonds. The van der Waals surface area contributed by atoms with E-state index in [1.54, 1.807) is 32.2 Å². The highest BCUT2D eigenvalue weighted by molar-refractivity contribution is 7.18. The van der Waals surface area contributed by atoms with Gasteiger partial charge >= 0.3 is 0 Å². The minimum Gasteiger partial charge on any atom is -0.271 e. The predicted octanol–water partition coefficient (Wildman–Crippen LogP) is 2.97. The van der Waals surface area contributed by atoms with Crippen molar-refractivity contribution >= 4 is 39.1 Å². The van der Waals surface area contributed by atoms with Crippen molar-refractivity contribution in [2.75, 3.05) is 5.43 Å². The van der Waals surface area contributed by atoms with E-state index in [9.17, 15) is 9.59 Å². The van der Waals surface area contributed by atoms with Crippen molar-refractivity contribution in [2.45, 2.75) is 40.0 Å². The number of halogens is 1. The number of thiophene rings is 1. The summed E-state index contributed by atoms with van der Waals surface area (Å²) in [5, 5.41) is 5.03. The molecule has 142 valence electrons. The maximum atomic E-state index is 13.1. The van der Waals surface area contributed by atoms with Crippen molar-refractivity contribution in [3.05, 3.63) is 43.0 Å². The summed E-state index contributed by atoms with van der Waals surface area (Å²) in [6.07, 6.45) is 2.90. The highest BCUT2D eigenvalue weighted by atomic mass is 35.5. The van der Waals surface area contributed by atoms with Crippen molar-refractivity contribution in [1.82, 2.24) is 19.4 Å². The van der Waals surface area contributed by atoms with Crippen LogP contribution in [0.4, 0.5) is 0 Å². The Morgan fingerprint density at radius 3 is 2.78 bits per heavy atom. The molecule has 0 bridgehead atoms. The van der Waals surface area contributed by atoms with Gasteiger partial charge in [-0.1, -0.05) is 18.5 Å². The molecule has 0 saturated carbocycles. The van der Waals surface area contributed by atoms with Gasteiger partial charge in [0.15, 0.2) is 5.69 Å². The molecular weight excluding hydrogens is 386 g/mol. The van der Waals surface area contributed by atoms with Gasteiger partial charge in [0.1, 0.15) is 10.7 Å². The van der Waals surface area contributed by atoms with Crippen LogP contribution in [0.2, 0.25) is 5.02 Å². The standard InChI is InChI=1S/C18H20ClN5O2S/c1-8-5-6-11-12(7-8)27-17-13(11)18(26)24(10(3)20-17)22-16(25)15-14(19)9(2)23(4)21-15/h8H,5-7H2,1-4H3,(H,22,25). The van der Waals surface area contributed by atoms with Gasteiger partial charge in [-0.15, -0.1) is 11.3 Å². The van der Waals surface area contributed by atoms with Gasteiger partial charge in [0.2, 0.25) is 0 Å². The van der Waals surface area contributed by atoms with Crippen molar-refractivity contribution in [2.24, 2.45) is 13.0 Å². The van der Waals surface area contributed by atoms with E-state index in [0.717, 1.165) is 29.7 Å².